The van der Waals surface area contributed by atoms with Gasteiger partial charge in [-0.1, -0.05) is 6.07 Å². The van der Waals surface area contributed by atoms with Crippen molar-refractivity contribution >= 4 is 17.6 Å². The summed E-state index contributed by atoms with van der Waals surface area (Å²) < 4.78 is 0. The molecule has 2 unspecified atom stereocenters. The first-order valence-corrected chi connectivity index (χ1v) is 5.63. The summed E-state index contributed by atoms with van der Waals surface area (Å²) in [6, 6.07) is 3.88. The van der Waals surface area contributed by atoms with Crippen LogP contribution < -0.4 is 5.32 Å². The van der Waals surface area contributed by atoms with Crippen molar-refractivity contribution in [2.24, 2.45) is 5.92 Å². The van der Waals surface area contributed by atoms with Crippen LogP contribution in [0, 0.1) is 19.8 Å². The number of nitrogens with one attached hydrogen (secondary N) is 1. The van der Waals surface area contributed by atoms with Crippen LogP contribution in [0.15, 0.2) is 12.1 Å². The van der Waals surface area contributed by atoms with Crippen molar-refractivity contribution in [1.82, 2.24) is 0 Å². The molecule has 1 aliphatic heterocycles. The fourth-order valence-corrected chi connectivity index (χ4v) is 2.75. The van der Waals surface area contributed by atoms with Crippen LogP contribution in [-0.4, -0.2) is 17.0 Å². The third-order valence-corrected chi connectivity index (χ3v) is 4.03. The summed E-state index contributed by atoms with van der Waals surface area (Å²) in [6.07, 6.45) is 0.420. The first-order valence-electron chi connectivity index (χ1n) is 5.63. The molecule has 1 fully saturated rings. The summed E-state index contributed by atoms with van der Waals surface area (Å²) in [5, 5.41) is 11.9. The van der Waals surface area contributed by atoms with Gasteiger partial charge in [0.2, 0.25) is 5.91 Å². The van der Waals surface area contributed by atoms with Gasteiger partial charge in [-0.05, 0) is 43.0 Å². The highest BCUT2D eigenvalue weighted by Crippen LogP contribution is 2.60. The van der Waals surface area contributed by atoms with E-state index in [1.54, 1.807) is 0 Å². The van der Waals surface area contributed by atoms with Gasteiger partial charge in [-0.15, -0.1) is 0 Å². The van der Waals surface area contributed by atoms with Crippen LogP contribution in [0.2, 0.25) is 0 Å². The lowest BCUT2D eigenvalue weighted by Crippen LogP contribution is -2.24. The van der Waals surface area contributed by atoms with E-state index in [0.717, 1.165) is 22.4 Å². The smallest absolute Gasteiger partial charge is 0.307 e. The van der Waals surface area contributed by atoms with Crippen molar-refractivity contribution < 1.29 is 14.7 Å². The van der Waals surface area contributed by atoms with E-state index in [0.29, 0.717) is 6.42 Å². The first kappa shape index (κ1) is 10.3. The maximum Gasteiger partial charge on any atom is 0.307 e. The van der Waals surface area contributed by atoms with Gasteiger partial charge in [0.25, 0.3) is 0 Å². The average molecular weight is 231 g/mol. The molecule has 88 valence electrons. The molecule has 17 heavy (non-hydrogen) atoms. The van der Waals surface area contributed by atoms with E-state index in [4.69, 9.17) is 5.11 Å². The van der Waals surface area contributed by atoms with Crippen molar-refractivity contribution in [1.29, 1.82) is 0 Å². The number of rotatable bonds is 1. The summed E-state index contributed by atoms with van der Waals surface area (Å²) in [5.41, 5.74) is 3.05. The highest BCUT2D eigenvalue weighted by molar-refractivity contribution is 6.12. The molecule has 1 amide bonds. The summed E-state index contributed by atoms with van der Waals surface area (Å²) in [4.78, 5) is 23.0. The van der Waals surface area contributed by atoms with Crippen molar-refractivity contribution in [3.63, 3.8) is 0 Å². The van der Waals surface area contributed by atoms with E-state index in [9.17, 15) is 9.59 Å². The molecule has 0 radical (unpaired) electrons. The van der Waals surface area contributed by atoms with Crippen LogP contribution in [0.1, 0.15) is 23.1 Å². The normalized spacial score (nSPS) is 29.1. The van der Waals surface area contributed by atoms with Gasteiger partial charge in [0.15, 0.2) is 0 Å². The molecule has 2 N–H and O–H groups in total. The monoisotopic (exact) mass is 231 g/mol. The molecule has 1 aromatic carbocycles. The topological polar surface area (TPSA) is 66.4 Å². The predicted octanol–water partition coefficient (Wildman–Crippen LogP) is 1.60. The Kier molecular flexibility index (Phi) is 1.75. The average Bonchev–Trinajstić information content (AvgIpc) is 2.94. The second kappa shape index (κ2) is 2.88. The highest BCUT2D eigenvalue weighted by atomic mass is 16.4. The summed E-state index contributed by atoms with van der Waals surface area (Å²) in [5.74, 6) is -1.61. The number of hydrogen-bond donors (Lipinski definition) is 2. The lowest BCUT2D eigenvalue weighted by atomic mass is 9.92. The molecule has 3 rings (SSSR count). The summed E-state index contributed by atoms with van der Waals surface area (Å²) in [6.45, 7) is 3.96. The van der Waals surface area contributed by atoms with Gasteiger partial charge >= 0.3 is 5.97 Å². The molecule has 0 bridgehead atoms. The van der Waals surface area contributed by atoms with E-state index in [2.05, 4.69) is 5.32 Å². The van der Waals surface area contributed by atoms with Crippen LogP contribution in [0.4, 0.5) is 5.69 Å². The van der Waals surface area contributed by atoms with Gasteiger partial charge in [-0.3, -0.25) is 9.59 Å². The molecular weight excluding hydrogens is 218 g/mol. The minimum Gasteiger partial charge on any atom is -0.481 e. The van der Waals surface area contributed by atoms with Gasteiger partial charge in [-0.2, -0.15) is 0 Å². The zero-order valence-electron chi connectivity index (χ0n) is 9.70. The number of carboxylic acids is 1. The Morgan fingerprint density at radius 1 is 1.41 bits per heavy atom. The second-order valence-corrected chi connectivity index (χ2v) is 5.00. The molecule has 1 aromatic rings. The molecule has 2 atom stereocenters. The third kappa shape index (κ3) is 1.12. The molecule has 1 aliphatic carbocycles. The number of carboxylic acid groups (broad SMARTS) is 1. The van der Waals surface area contributed by atoms with Gasteiger partial charge < -0.3 is 10.4 Å². The quantitative estimate of drug-likeness (QED) is 0.771. The van der Waals surface area contributed by atoms with Crippen molar-refractivity contribution in [3.8, 4) is 0 Å². The van der Waals surface area contributed by atoms with E-state index in [1.165, 1.54) is 0 Å². The zero-order chi connectivity index (χ0) is 12.4. The number of fused-ring (bicyclic) bond motifs is 2. The maximum absolute atomic E-state index is 12.0. The Morgan fingerprint density at radius 3 is 2.65 bits per heavy atom. The van der Waals surface area contributed by atoms with Crippen LogP contribution in [0.5, 0.6) is 0 Å². The number of amides is 1. The number of aliphatic carboxylic acids is 1. The molecule has 4 heteroatoms. The Hall–Kier alpha value is -1.84. The third-order valence-electron chi connectivity index (χ3n) is 4.03. The van der Waals surface area contributed by atoms with Crippen LogP contribution in [0.25, 0.3) is 0 Å². The molecule has 0 saturated heterocycles. The number of hydrogen-bond acceptors (Lipinski definition) is 2. The fraction of sp³-hybridized carbons (Fsp3) is 0.385. The minimum atomic E-state index is -0.883. The molecule has 2 aliphatic rings. The van der Waals surface area contributed by atoms with Gasteiger partial charge in [0.1, 0.15) is 0 Å². The van der Waals surface area contributed by atoms with Gasteiger partial charge in [0.05, 0.1) is 11.3 Å². The number of aryl methyl sites for hydroxylation is 2. The van der Waals surface area contributed by atoms with Crippen molar-refractivity contribution in [2.45, 2.75) is 25.7 Å². The molecular formula is C13H13NO3. The lowest BCUT2D eigenvalue weighted by molar-refractivity contribution is -0.140. The van der Waals surface area contributed by atoms with Gasteiger partial charge in [0, 0.05) is 5.69 Å². The second-order valence-electron chi connectivity index (χ2n) is 5.00. The molecule has 0 aromatic heterocycles. The van der Waals surface area contributed by atoms with E-state index < -0.39 is 17.3 Å². The first-order chi connectivity index (χ1) is 7.96. The standard InChI is InChI=1S/C13H13NO3/c1-6-3-8-10(4-7(6)2)14-12(17)13(8)5-9(13)11(15)16/h3-4,9H,5H2,1-2H3,(H,14,17)(H,15,16). The lowest BCUT2D eigenvalue weighted by Gasteiger charge is -2.08. The number of carbonyl (C=O) groups excluding carboxylic acids is 1. The fourth-order valence-electron chi connectivity index (χ4n) is 2.75. The van der Waals surface area contributed by atoms with E-state index in [1.807, 2.05) is 26.0 Å². The SMILES string of the molecule is Cc1cc2c(cc1C)C1(CC1C(=O)O)C(=O)N2. The van der Waals surface area contributed by atoms with Crippen molar-refractivity contribution in [2.75, 3.05) is 5.32 Å². The molecule has 1 saturated carbocycles. The maximum atomic E-state index is 12.0. The Bertz CT molecular complexity index is 564. The summed E-state index contributed by atoms with van der Waals surface area (Å²) >= 11 is 0. The number of benzene rings is 1. The Balaban J connectivity index is 2.16. The molecule has 1 heterocycles. The van der Waals surface area contributed by atoms with Crippen molar-refractivity contribution in [3.05, 3.63) is 28.8 Å². The predicted molar refractivity (Wildman–Crippen MR) is 62.0 cm³/mol. The zero-order valence-corrected chi connectivity index (χ0v) is 9.70. The van der Waals surface area contributed by atoms with E-state index in [-0.39, 0.29) is 5.91 Å². The molecule has 1 spiro atoms. The summed E-state index contributed by atoms with van der Waals surface area (Å²) in [7, 11) is 0. The van der Waals surface area contributed by atoms with Crippen LogP contribution in [-0.2, 0) is 15.0 Å². The van der Waals surface area contributed by atoms with E-state index >= 15 is 0 Å². The van der Waals surface area contributed by atoms with Crippen LogP contribution >= 0.6 is 0 Å². The number of carbonyl (C=O) groups is 2. The van der Waals surface area contributed by atoms with Crippen LogP contribution in [0.3, 0.4) is 0 Å². The highest BCUT2D eigenvalue weighted by Gasteiger charge is 2.68. The largest absolute Gasteiger partial charge is 0.481 e. The molecule has 4 nitrogen and oxygen atoms in total. The Labute approximate surface area is 98.6 Å². The minimum absolute atomic E-state index is 0.162. The Morgan fingerprint density at radius 2 is 2.06 bits per heavy atom. The van der Waals surface area contributed by atoms with Gasteiger partial charge in [-0.25, -0.2) is 0 Å². The number of anilines is 1.